The summed E-state index contributed by atoms with van der Waals surface area (Å²) in [6, 6.07) is 15.6. The number of aromatic nitrogens is 2. The zero-order valence-corrected chi connectivity index (χ0v) is 18.5. The number of carbonyl (C=O) groups is 2. The second-order valence-electron chi connectivity index (χ2n) is 7.29. The Morgan fingerprint density at radius 2 is 1.72 bits per heavy atom. The largest absolute Gasteiger partial charge is 0.494 e. The summed E-state index contributed by atoms with van der Waals surface area (Å²) >= 11 is 0. The molecule has 0 atom stereocenters. The van der Waals surface area contributed by atoms with Crippen molar-refractivity contribution in [3.63, 3.8) is 0 Å². The minimum Gasteiger partial charge on any atom is -0.494 e. The van der Waals surface area contributed by atoms with Gasteiger partial charge in [-0.05, 0) is 49.7 Å². The smallest absolute Gasteiger partial charge is 0.338 e. The molecule has 168 valence electrons. The van der Waals surface area contributed by atoms with Crippen LogP contribution in [0.3, 0.4) is 0 Å². The number of esters is 1. The molecule has 3 rings (SSSR count). The van der Waals surface area contributed by atoms with E-state index in [1.165, 1.54) is 4.68 Å². The van der Waals surface area contributed by atoms with Crippen LogP contribution < -0.4 is 15.6 Å². The Balaban J connectivity index is 1.61. The Morgan fingerprint density at radius 1 is 1.03 bits per heavy atom. The highest BCUT2D eigenvalue weighted by molar-refractivity contribution is 5.95. The molecule has 3 aromatic rings. The maximum atomic E-state index is 12.8. The lowest BCUT2D eigenvalue weighted by atomic mass is 10.2. The third kappa shape index (κ3) is 5.26. The van der Waals surface area contributed by atoms with Crippen molar-refractivity contribution in [3.05, 3.63) is 76.2 Å². The van der Waals surface area contributed by atoms with Gasteiger partial charge in [0.1, 0.15) is 11.4 Å². The van der Waals surface area contributed by atoms with Crippen molar-refractivity contribution >= 4 is 17.6 Å². The molecular weight excluding hydrogens is 410 g/mol. The third-order valence-corrected chi connectivity index (χ3v) is 5.01. The second kappa shape index (κ2) is 10.5. The summed E-state index contributed by atoms with van der Waals surface area (Å²) in [4.78, 5) is 37.4. The number of carbonyl (C=O) groups excluding carboxylic acids is 2. The van der Waals surface area contributed by atoms with E-state index in [-0.39, 0.29) is 11.2 Å². The lowest BCUT2D eigenvalue weighted by Gasteiger charge is -2.08. The van der Waals surface area contributed by atoms with E-state index in [1.807, 2.05) is 18.2 Å². The number of rotatable bonds is 9. The van der Waals surface area contributed by atoms with Crippen molar-refractivity contribution in [3.8, 4) is 11.4 Å². The summed E-state index contributed by atoms with van der Waals surface area (Å²) in [5, 5.41) is 2.56. The van der Waals surface area contributed by atoms with Crippen molar-refractivity contribution in [2.45, 2.75) is 26.7 Å². The van der Waals surface area contributed by atoms with Gasteiger partial charge in [-0.1, -0.05) is 31.5 Å². The molecule has 1 aromatic heterocycles. The molecule has 0 saturated heterocycles. The number of anilines is 1. The lowest BCUT2D eigenvalue weighted by molar-refractivity contribution is -0.119. The molecule has 1 heterocycles. The van der Waals surface area contributed by atoms with Crippen molar-refractivity contribution < 1.29 is 19.1 Å². The standard InChI is InChI=1S/C24H27N3O5/c1-4-5-15-31-20-13-11-18(12-14-20)24(30)32-16-21(28)25-22-17(2)26(3)27(23(22)29)19-9-7-6-8-10-19/h6-14H,4-5,15-16H2,1-3H3,(H,25,28). The summed E-state index contributed by atoms with van der Waals surface area (Å²) in [6.45, 7) is 3.92. The molecule has 0 aliphatic carbocycles. The molecule has 0 spiro atoms. The van der Waals surface area contributed by atoms with Gasteiger partial charge in [0.05, 0.1) is 23.6 Å². The Morgan fingerprint density at radius 3 is 2.38 bits per heavy atom. The van der Waals surface area contributed by atoms with Crippen LogP contribution in [0.2, 0.25) is 0 Å². The molecule has 1 amide bonds. The molecular formula is C24H27N3O5. The number of hydrogen-bond acceptors (Lipinski definition) is 5. The first kappa shape index (κ1) is 22.9. The van der Waals surface area contributed by atoms with Crippen molar-refractivity contribution in [1.29, 1.82) is 0 Å². The van der Waals surface area contributed by atoms with E-state index in [0.717, 1.165) is 12.8 Å². The number of ether oxygens (including phenoxy) is 2. The first-order valence-electron chi connectivity index (χ1n) is 10.5. The van der Waals surface area contributed by atoms with Gasteiger partial charge in [0.15, 0.2) is 6.61 Å². The van der Waals surface area contributed by atoms with Crippen LogP contribution in [0.1, 0.15) is 35.8 Å². The van der Waals surface area contributed by atoms with Gasteiger partial charge >= 0.3 is 5.97 Å². The fraction of sp³-hybridized carbons (Fsp3) is 0.292. The molecule has 0 bridgehead atoms. The first-order chi connectivity index (χ1) is 15.4. The molecule has 0 aliphatic rings. The fourth-order valence-electron chi connectivity index (χ4n) is 3.12. The monoisotopic (exact) mass is 437 g/mol. The highest BCUT2D eigenvalue weighted by atomic mass is 16.5. The first-order valence-corrected chi connectivity index (χ1v) is 10.5. The Labute approximate surface area is 186 Å². The number of amides is 1. The Kier molecular flexibility index (Phi) is 7.49. The predicted molar refractivity (Wildman–Crippen MR) is 122 cm³/mol. The zero-order valence-electron chi connectivity index (χ0n) is 18.5. The molecule has 0 unspecified atom stereocenters. The van der Waals surface area contributed by atoms with Crippen LogP contribution in [0.4, 0.5) is 5.69 Å². The number of hydrogen-bond donors (Lipinski definition) is 1. The highest BCUT2D eigenvalue weighted by Crippen LogP contribution is 2.15. The van der Waals surface area contributed by atoms with Gasteiger partial charge in [0.2, 0.25) is 0 Å². The number of benzene rings is 2. The van der Waals surface area contributed by atoms with E-state index in [0.29, 0.717) is 29.3 Å². The number of nitrogens with zero attached hydrogens (tertiary/aromatic N) is 2. The van der Waals surface area contributed by atoms with E-state index < -0.39 is 18.5 Å². The lowest BCUT2D eigenvalue weighted by Crippen LogP contribution is -2.25. The molecule has 0 radical (unpaired) electrons. The van der Waals surface area contributed by atoms with Crippen LogP contribution in [-0.4, -0.2) is 34.5 Å². The van der Waals surface area contributed by atoms with Crippen molar-refractivity contribution in [2.75, 3.05) is 18.5 Å². The SMILES string of the molecule is CCCCOc1ccc(C(=O)OCC(=O)Nc2c(C)n(C)n(-c3ccccc3)c2=O)cc1. The summed E-state index contributed by atoms with van der Waals surface area (Å²) in [6.07, 6.45) is 1.99. The summed E-state index contributed by atoms with van der Waals surface area (Å²) < 4.78 is 13.8. The normalized spacial score (nSPS) is 10.6. The number of para-hydroxylation sites is 1. The molecule has 0 saturated carbocycles. The van der Waals surface area contributed by atoms with Crippen LogP contribution >= 0.6 is 0 Å². The van der Waals surface area contributed by atoms with Crippen LogP contribution in [0.5, 0.6) is 5.75 Å². The van der Waals surface area contributed by atoms with Gasteiger partial charge in [0, 0.05) is 7.05 Å². The number of unbranched alkanes of at least 4 members (excludes halogenated alkanes) is 1. The fourth-order valence-corrected chi connectivity index (χ4v) is 3.12. The number of nitrogens with one attached hydrogen (secondary N) is 1. The van der Waals surface area contributed by atoms with E-state index in [2.05, 4.69) is 12.2 Å². The maximum Gasteiger partial charge on any atom is 0.338 e. The van der Waals surface area contributed by atoms with Crippen LogP contribution in [0.15, 0.2) is 59.4 Å². The quantitative estimate of drug-likeness (QED) is 0.409. The molecule has 8 nitrogen and oxygen atoms in total. The van der Waals surface area contributed by atoms with Gasteiger partial charge < -0.3 is 14.8 Å². The van der Waals surface area contributed by atoms with Gasteiger partial charge in [-0.2, -0.15) is 0 Å². The van der Waals surface area contributed by atoms with Gasteiger partial charge in [0.25, 0.3) is 11.5 Å². The van der Waals surface area contributed by atoms with E-state index >= 15 is 0 Å². The van der Waals surface area contributed by atoms with Crippen molar-refractivity contribution in [2.24, 2.45) is 7.05 Å². The van der Waals surface area contributed by atoms with E-state index in [9.17, 15) is 14.4 Å². The van der Waals surface area contributed by atoms with E-state index in [1.54, 1.807) is 55.1 Å². The Bertz CT molecular complexity index is 1130. The Hall–Kier alpha value is -3.81. The minimum atomic E-state index is -0.633. The minimum absolute atomic E-state index is 0.144. The average Bonchev–Trinajstić information content (AvgIpc) is 3.01. The molecule has 32 heavy (non-hydrogen) atoms. The summed E-state index contributed by atoms with van der Waals surface area (Å²) in [5.41, 5.74) is 1.35. The topological polar surface area (TPSA) is 91.6 Å². The third-order valence-electron chi connectivity index (χ3n) is 5.01. The average molecular weight is 437 g/mol. The predicted octanol–water partition coefficient (Wildman–Crippen LogP) is 3.46. The van der Waals surface area contributed by atoms with Gasteiger partial charge in [-0.25, -0.2) is 9.48 Å². The van der Waals surface area contributed by atoms with Crippen LogP contribution in [0, 0.1) is 6.92 Å². The highest BCUT2D eigenvalue weighted by Gasteiger charge is 2.19. The molecule has 0 aliphatic heterocycles. The second-order valence-corrected chi connectivity index (χ2v) is 7.29. The molecule has 1 N–H and O–H groups in total. The van der Waals surface area contributed by atoms with Crippen molar-refractivity contribution in [1.82, 2.24) is 9.36 Å². The molecule has 2 aromatic carbocycles. The maximum absolute atomic E-state index is 12.8. The zero-order chi connectivity index (χ0) is 23.1. The summed E-state index contributed by atoms with van der Waals surface area (Å²) in [7, 11) is 1.73. The molecule has 0 fully saturated rings. The van der Waals surface area contributed by atoms with Crippen LogP contribution in [0.25, 0.3) is 5.69 Å². The summed E-state index contributed by atoms with van der Waals surface area (Å²) in [5.74, 6) is -0.558. The van der Waals surface area contributed by atoms with E-state index in [4.69, 9.17) is 9.47 Å². The van der Waals surface area contributed by atoms with Crippen LogP contribution in [-0.2, 0) is 16.6 Å². The molecule has 8 heteroatoms. The van der Waals surface area contributed by atoms with Gasteiger partial charge in [-0.15, -0.1) is 0 Å². The van der Waals surface area contributed by atoms with Gasteiger partial charge in [-0.3, -0.25) is 14.3 Å².